The van der Waals surface area contributed by atoms with Crippen molar-refractivity contribution in [2.75, 3.05) is 39.5 Å². The third-order valence-electron chi connectivity index (χ3n) is 7.14. The van der Waals surface area contributed by atoms with Crippen molar-refractivity contribution in [1.82, 2.24) is 15.1 Å². The molecule has 4 unspecified atom stereocenters. The van der Waals surface area contributed by atoms with Gasteiger partial charge in [-0.25, -0.2) is 8.42 Å². The highest BCUT2D eigenvalue weighted by Gasteiger charge is 2.53. The molecule has 3 saturated heterocycles. The summed E-state index contributed by atoms with van der Waals surface area (Å²) in [5.41, 5.74) is 1.31. The Bertz CT molecular complexity index is 807. The van der Waals surface area contributed by atoms with Gasteiger partial charge < -0.3 is 4.74 Å². The minimum Gasteiger partial charge on any atom is -0.377 e. The Kier molecular flexibility index (Phi) is 6.06. The second kappa shape index (κ2) is 8.27. The fraction of sp³-hybridized carbons (Fsp3) is 0.727. The average Bonchev–Trinajstić information content (AvgIpc) is 3.31. The van der Waals surface area contributed by atoms with Crippen LogP contribution in [0.25, 0.3) is 0 Å². The van der Waals surface area contributed by atoms with Crippen molar-refractivity contribution in [3.63, 3.8) is 0 Å². The second-order valence-electron chi connectivity index (χ2n) is 9.08. The van der Waals surface area contributed by atoms with E-state index in [1.54, 1.807) is 12.1 Å². The molecular formula is C22H35N3O3S. The minimum atomic E-state index is -3.17. The lowest BCUT2D eigenvalue weighted by Gasteiger charge is -2.52. The molecule has 1 N–H and O–H groups in total. The molecule has 0 spiro atoms. The van der Waals surface area contributed by atoms with E-state index in [0.717, 1.165) is 38.2 Å². The van der Waals surface area contributed by atoms with Gasteiger partial charge in [0.15, 0.2) is 9.84 Å². The Morgan fingerprint density at radius 3 is 2.66 bits per heavy atom. The molecule has 3 heterocycles. The number of likely N-dealkylation sites (tertiary alicyclic amines) is 1. The van der Waals surface area contributed by atoms with Gasteiger partial charge >= 0.3 is 0 Å². The lowest BCUT2D eigenvalue weighted by Crippen LogP contribution is -2.67. The molecule has 1 aromatic rings. The van der Waals surface area contributed by atoms with Gasteiger partial charge in [0.05, 0.1) is 22.7 Å². The molecule has 1 aromatic carbocycles. The number of hydrogen-bond donors (Lipinski definition) is 1. The largest absolute Gasteiger partial charge is 0.377 e. The van der Waals surface area contributed by atoms with Gasteiger partial charge in [-0.15, -0.1) is 0 Å². The van der Waals surface area contributed by atoms with Crippen molar-refractivity contribution < 1.29 is 13.2 Å². The molecule has 6 nitrogen and oxygen atoms in total. The highest BCUT2D eigenvalue weighted by molar-refractivity contribution is 7.90. The molecule has 0 radical (unpaired) electrons. The van der Waals surface area contributed by atoms with Gasteiger partial charge in [0, 0.05) is 38.5 Å². The number of nitrogens with one attached hydrogen (secondary N) is 1. The smallest absolute Gasteiger partial charge is 0.175 e. The van der Waals surface area contributed by atoms with Gasteiger partial charge in [0.25, 0.3) is 0 Å². The summed E-state index contributed by atoms with van der Waals surface area (Å²) in [6.07, 6.45) is 7.78. The fourth-order valence-corrected chi connectivity index (χ4v) is 6.21. The first kappa shape index (κ1) is 21.2. The van der Waals surface area contributed by atoms with Crippen LogP contribution in [0.3, 0.4) is 0 Å². The molecule has 7 heteroatoms. The van der Waals surface area contributed by atoms with Gasteiger partial charge in [0.1, 0.15) is 0 Å². The predicted molar refractivity (Wildman–Crippen MR) is 115 cm³/mol. The zero-order valence-electron chi connectivity index (χ0n) is 17.9. The van der Waals surface area contributed by atoms with E-state index < -0.39 is 9.84 Å². The number of sulfone groups is 1. The van der Waals surface area contributed by atoms with E-state index in [1.165, 1.54) is 31.9 Å². The van der Waals surface area contributed by atoms with Crippen LogP contribution in [0.15, 0.2) is 29.2 Å². The molecule has 0 aromatic heterocycles. The van der Waals surface area contributed by atoms with E-state index in [0.29, 0.717) is 17.2 Å². The van der Waals surface area contributed by atoms with Crippen LogP contribution in [0, 0.1) is 0 Å². The highest BCUT2D eigenvalue weighted by atomic mass is 32.2. The van der Waals surface area contributed by atoms with Crippen LogP contribution in [0.5, 0.6) is 0 Å². The maximum Gasteiger partial charge on any atom is 0.175 e. The standard InChI is InChI=1S/C22H35N3O3S/c1-4-11-22-12-13-25(15-18-6-5-14-28-18)21(22)23-20(16-24(22)2)17-7-9-19(10-8-17)29(3,26)27/h7-10,18,20-21,23H,4-6,11-16H2,1-3H3. The molecule has 3 aliphatic rings. The quantitative estimate of drug-likeness (QED) is 0.761. The zero-order valence-corrected chi connectivity index (χ0v) is 18.7. The first-order valence-corrected chi connectivity index (χ1v) is 12.9. The van der Waals surface area contributed by atoms with Crippen molar-refractivity contribution >= 4 is 9.84 Å². The van der Waals surface area contributed by atoms with E-state index in [-0.39, 0.29) is 11.6 Å². The summed E-state index contributed by atoms with van der Waals surface area (Å²) >= 11 is 0. The Morgan fingerprint density at radius 2 is 2.03 bits per heavy atom. The molecular weight excluding hydrogens is 386 g/mol. The summed E-state index contributed by atoms with van der Waals surface area (Å²) in [6.45, 7) is 6.20. The molecule has 0 bridgehead atoms. The number of hydrogen-bond acceptors (Lipinski definition) is 6. The van der Waals surface area contributed by atoms with Crippen molar-refractivity contribution in [2.45, 2.75) is 67.8 Å². The summed E-state index contributed by atoms with van der Waals surface area (Å²) < 4.78 is 29.5. The Morgan fingerprint density at radius 1 is 1.28 bits per heavy atom. The third kappa shape index (κ3) is 4.12. The predicted octanol–water partition coefficient (Wildman–Crippen LogP) is 2.42. The van der Waals surface area contributed by atoms with Gasteiger partial charge in [-0.05, 0) is 50.4 Å². The van der Waals surface area contributed by atoms with E-state index in [1.807, 2.05) is 12.1 Å². The van der Waals surface area contributed by atoms with Crippen LogP contribution < -0.4 is 5.32 Å². The molecule has 0 saturated carbocycles. The summed E-state index contributed by atoms with van der Waals surface area (Å²) in [5.74, 6) is 0. The van der Waals surface area contributed by atoms with E-state index in [9.17, 15) is 8.42 Å². The molecule has 3 aliphatic heterocycles. The van der Waals surface area contributed by atoms with Crippen LogP contribution in [-0.2, 0) is 14.6 Å². The summed E-state index contributed by atoms with van der Waals surface area (Å²) in [7, 11) is -0.907. The number of fused-ring (bicyclic) bond motifs is 1. The monoisotopic (exact) mass is 421 g/mol. The third-order valence-corrected chi connectivity index (χ3v) is 8.27. The first-order chi connectivity index (χ1) is 13.8. The molecule has 0 amide bonds. The molecule has 4 rings (SSSR count). The molecule has 4 atom stereocenters. The van der Waals surface area contributed by atoms with Gasteiger partial charge in [-0.3, -0.25) is 15.1 Å². The SMILES string of the molecule is CCCC12CCN(CC3CCCO3)C1NC(c1ccc(S(C)(=O)=O)cc1)CN2C. The highest BCUT2D eigenvalue weighted by Crippen LogP contribution is 2.41. The maximum atomic E-state index is 11.8. The normalized spacial score (nSPS) is 33.8. The minimum absolute atomic E-state index is 0.163. The first-order valence-electron chi connectivity index (χ1n) is 11.0. The molecule has 162 valence electrons. The summed E-state index contributed by atoms with van der Waals surface area (Å²) in [5, 5.41) is 3.95. The van der Waals surface area contributed by atoms with Gasteiger partial charge in [-0.2, -0.15) is 0 Å². The molecule has 3 fully saturated rings. The van der Waals surface area contributed by atoms with Crippen molar-refractivity contribution in [3.8, 4) is 0 Å². The lowest BCUT2D eigenvalue weighted by atomic mass is 9.84. The van der Waals surface area contributed by atoms with Gasteiger partial charge in [0.2, 0.25) is 0 Å². The van der Waals surface area contributed by atoms with Crippen LogP contribution >= 0.6 is 0 Å². The van der Waals surface area contributed by atoms with Gasteiger partial charge in [-0.1, -0.05) is 25.5 Å². The number of likely N-dealkylation sites (N-methyl/N-ethyl adjacent to an activating group) is 1. The maximum absolute atomic E-state index is 11.8. The fourth-order valence-electron chi connectivity index (χ4n) is 5.58. The summed E-state index contributed by atoms with van der Waals surface area (Å²) in [6, 6.07) is 7.59. The number of piperazine rings is 1. The number of nitrogens with zero attached hydrogens (tertiary/aromatic N) is 2. The average molecular weight is 422 g/mol. The van der Waals surface area contributed by atoms with Crippen LogP contribution in [0.2, 0.25) is 0 Å². The van der Waals surface area contributed by atoms with E-state index in [4.69, 9.17) is 4.74 Å². The topological polar surface area (TPSA) is 61.9 Å². The molecule has 0 aliphatic carbocycles. The number of benzene rings is 1. The van der Waals surface area contributed by atoms with Crippen molar-refractivity contribution in [1.29, 1.82) is 0 Å². The van der Waals surface area contributed by atoms with Crippen LogP contribution in [0.1, 0.15) is 50.6 Å². The lowest BCUT2D eigenvalue weighted by molar-refractivity contribution is -0.0226. The molecule has 29 heavy (non-hydrogen) atoms. The second-order valence-corrected chi connectivity index (χ2v) is 11.1. The Labute approximate surface area is 175 Å². The van der Waals surface area contributed by atoms with E-state index >= 15 is 0 Å². The Balaban J connectivity index is 1.56. The number of ether oxygens (including phenoxy) is 1. The van der Waals surface area contributed by atoms with Crippen LogP contribution in [0.4, 0.5) is 0 Å². The van der Waals surface area contributed by atoms with Crippen LogP contribution in [-0.4, -0.2) is 75.6 Å². The van der Waals surface area contributed by atoms with Crippen molar-refractivity contribution in [2.24, 2.45) is 0 Å². The number of rotatable bonds is 6. The van der Waals surface area contributed by atoms with E-state index in [2.05, 4.69) is 29.1 Å². The van der Waals surface area contributed by atoms with Crippen molar-refractivity contribution in [3.05, 3.63) is 29.8 Å². The zero-order chi connectivity index (χ0) is 20.6. The summed E-state index contributed by atoms with van der Waals surface area (Å²) in [4.78, 5) is 5.54. The Hall–Kier alpha value is -0.990.